The minimum Gasteiger partial charge on any atom is -0.492 e. The van der Waals surface area contributed by atoms with Crippen LogP contribution in [-0.4, -0.2) is 37.9 Å². The molecule has 2 aliphatic rings. The molecule has 0 amide bonds. The van der Waals surface area contributed by atoms with Crippen LogP contribution in [0.4, 0.5) is 4.39 Å². The highest BCUT2D eigenvalue weighted by atomic mass is 19.1. The number of hydrogen-bond acceptors (Lipinski definition) is 7. The second-order valence-electron chi connectivity index (χ2n) is 9.14. The molecule has 188 valence electrons. The van der Waals surface area contributed by atoms with Crippen molar-refractivity contribution in [2.75, 3.05) is 6.61 Å². The molecule has 0 saturated heterocycles. The SMILES string of the molecule is Cn1nnnc1-c1ccc(Oc2ccc(F)c3c2CC[C@H]3Oc2ccc3c(c2)OCC3CC(=O)O)cc1. The molecule has 2 heterocycles. The van der Waals surface area contributed by atoms with Gasteiger partial charge in [0.1, 0.15) is 34.9 Å². The van der Waals surface area contributed by atoms with Crippen LogP contribution in [0.2, 0.25) is 0 Å². The van der Waals surface area contributed by atoms with Gasteiger partial charge in [0.05, 0.1) is 13.0 Å². The van der Waals surface area contributed by atoms with Gasteiger partial charge in [-0.1, -0.05) is 6.07 Å². The number of benzene rings is 3. The van der Waals surface area contributed by atoms with Crippen LogP contribution in [-0.2, 0) is 18.3 Å². The summed E-state index contributed by atoms with van der Waals surface area (Å²) in [7, 11) is 1.77. The van der Waals surface area contributed by atoms with Crippen LogP contribution in [0.1, 0.15) is 41.6 Å². The van der Waals surface area contributed by atoms with Gasteiger partial charge >= 0.3 is 5.97 Å². The maximum Gasteiger partial charge on any atom is 0.304 e. The Morgan fingerprint density at radius 2 is 1.97 bits per heavy atom. The summed E-state index contributed by atoms with van der Waals surface area (Å²) in [4.78, 5) is 11.1. The first-order valence-electron chi connectivity index (χ1n) is 11.9. The fourth-order valence-electron chi connectivity index (χ4n) is 5.00. The van der Waals surface area contributed by atoms with Gasteiger partial charge in [-0.15, -0.1) is 5.10 Å². The molecule has 1 unspecified atom stereocenters. The molecule has 0 saturated carbocycles. The molecule has 2 atom stereocenters. The van der Waals surface area contributed by atoms with Crippen molar-refractivity contribution in [3.8, 4) is 34.4 Å². The van der Waals surface area contributed by atoms with Crippen LogP contribution < -0.4 is 14.2 Å². The van der Waals surface area contributed by atoms with Gasteiger partial charge in [0.25, 0.3) is 0 Å². The maximum atomic E-state index is 15.0. The molecule has 9 nitrogen and oxygen atoms in total. The average Bonchev–Trinajstić information content (AvgIpc) is 3.61. The predicted octanol–water partition coefficient (Wildman–Crippen LogP) is 4.83. The molecular formula is C27H23FN4O5. The molecule has 3 aromatic carbocycles. The minimum absolute atomic E-state index is 0.0113. The van der Waals surface area contributed by atoms with Gasteiger partial charge in [0, 0.05) is 41.3 Å². The number of nitrogens with zero attached hydrogens (tertiary/aromatic N) is 4. The smallest absolute Gasteiger partial charge is 0.304 e. The van der Waals surface area contributed by atoms with Crippen molar-refractivity contribution in [1.82, 2.24) is 20.2 Å². The van der Waals surface area contributed by atoms with E-state index in [9.17, 15) is 9.18 Å². The topological polar surface area (TPSA) is 109 Å². The van der Waals surface area contributed by atoms with Crippen LogP contribution in [0.3, 0.4) is 0 Å². The number of rotatable bonds is 7. The van der Waals surface area contributed by atoms with Gasteiger partial charge in [-0.05, 0) is 65.7 Å². The van der Waals surface area contributed by atoms with Crippen LogP contribution in [0.5, 0.6) is 23.0 Å². The standard InChI is InChI=1S/C27H23FN4O5/c1-32-27(29-30-31-32)15-2-4-17(5-3-15)36-22-11-9-21(28)26-20(22)8-10-23(26)37-18-6-7-19-16(12-25(33)34)14-35-24(19)13-18/h2-7,9,11,13,16,23H,8,10,12,14H2,1H3,(H,33,34)/t16?,23-/m1/s1. The van der Waals surface area contributed by atoms with Crippen LogP contribution in [0.25, 0.3) is 11.4 Å². The number of aromatic nitrogens is 4. The summed E-state index contributed by atoms with van der Waals surface area (Å²) in [6.07, 6.45) is 0.748. The Labute approximate surface area is 211 Å². The zero-order valence-electron chi connectivity index (χ0n) is 19.9. The Hall–Kier alpha value is -4.47. The largest absolute Gasteiger partial charge is 0.492 e. The van der Waals surface area contributed by atoms with Gasteiger partial charge in [-0.2, -0.15) is 0 Å². The van der Waals surface area contributed by atoms with Crippen molar-refractivity contribution in [3.05, 3.63) is 77.1 Å². The molecule has 6 rings (SSSR count). The third kappa shape index (κ3) is 4.35. The van der Waals surface area contributed by atoms with Gasteiger partial charge in [-0.25, -0.2) is 9.07 Å². The molecule has 1 N–H and O–H groups in total. The molecule has 0 bridgehead atoms. The molecule has 1 aromatic heterocycles. The molecule has 37 heavy (non-hydrogen) atoms. The summed E-state index contributed by atoms with van der Waals surface area (Å²) >= 11 is 0. The van der Waals surface area contributed by atoms with Crippen molar-refractivity contribution in [1.29, 1.82) is 0 Å². The zero-order valence-corrected chi connectivity index (χ0v) is 19.9. The number of carboxylic acids is 1. The zero-order chi connectivity index (χ0) is 25.5. The maximum absolute atomic E-state index is 15.0. The van der Waals surface area contributed by atoms with Gasteiger partial charge < -0.3 is 19.3 Å². The van der Waals surface area contributed by atoms with Crippen LogP contribution >= 0.6 is 0 Å². The quantitative estimate of drug-likeness (QED) is 0.383. The third-order valence-corrected chi connectivity index (χ3v) is 6.76. The second-order valence-corrected chi connectivity index (χ2v) is 9.14. The number of hydrogen-bond donors (Lipinski definition) is 1. The van der Waals surface area contributed by atoms with Crippen molar-refractivity contribution < 1.29 is 28.5 Å². The lowest BCUT2D eigenvalue weighted by Crippen LogP contribution is -2.07. The molecule has 0 fully saturated rings. The van der Waals surface area contributed by atoms with E-state index in [-0.39, 0.29) is 18.2 Å². The summed E-state index contributed by atoms with van der Waals surface area (Å²) in [6.45, 7) is 0.323. The van der Waals surface area contributed by atoms with Gasteiger partial charge in [0.15, 0.2) is 5.82 Å². The Balaban J connectivity index is 1.20. The second kappa shape index (κ2) is 9.20. The molecular weight excluding hydrogens is 479 g/mol. The van der Waals surface area contributed by atoms with E-state index < -0.39 is 12.1 Å². The van der Waals surface area contributed by atoms with Crippen molar-refractivity contribution in [2.24, 2.45) is 7.05 Å². The van der Waals surface area contributed by atoms with Gasteiger partial charge in [-0.3, -0.25) is 4.79 Å². The monoisotopic (exact) mass is 502 g/mol. The number of aliphatic carboxylic acids is 1. The molecule has 10 heteroatoms. The van der Waals surface area contributed by atoms with E-state index >= 15 is 0 Å². The number of ether oxygens (including phenoxy) is 3. The Bertz CT molecular complexity index is 1490. The van der Waals surface area contributed by atoms with E-state index in [1.165, 1.54) is 6.07 Å². The molecule has 4 aromatic rings. The van der Waals surface area contributed by atoms with Crippen molar-refractivity contribution >= 4 is 5.97 Å². The van der Waals surface area contributed by atoms with E-state index in [0.29, 0.717) is 53.8 Å². The molecule has 1 aliphatic carbocycles. The van der Waals surface area contributed by atoms with Crippen LogP contribution in [0, 0.1) is 5.82 Å². The number of fused-ring (bicyclic) bond motifs is 2. The molecule has 0 spiro atoms. The summed E-state index contributed by atoms with van der Waals surface area (Å²) in [5, 5.41) is 20.6. The van der Waals surface area contributed by atoms with E-state index in [4.69, 9.17) is 19.3 Å². The first-order chi connectivity index (χ1) is 18.0. The third-order valence-electron chi connectivity index (χ3n) is 6.76. The lowest BCUT2D eigenvalue weighted by Gasteiger charge is -2.17. The van der Waals surface area contributed by atoms with Gasteiger partial charge in [0.2, 0.25) is 0 Å². The van der Waals surface area contributed by atoms with Crippen molar-refractivity contribution in [2.45, 2.75) is 31.3 Å². The normalized spacial score (nSPS) is 17.7. The highest BCUT2D eigenvalue weighted by Gasteiger charge is 2.32. The highest BCUT2D eigenvalue weighted by molar-refractivity contribution is 5.69. The van der Waals surface area contributed by atoms with E-state index in [1.54, 1.807) is 29.9 Å². The lowest BCUT2D eigenvalue weighted by molar-refractivity contribution is -0.137. The van der Waals surface area contributed by atoms with E-state index in [2.05, 4.69) is 15.5 Å². The summed E-state index contributed by atoms with van der Waals surface area (Å²) in [6, 6.07) is 15.8. The summed E-state index contributed by atoms with van der Waals surface area (Å²) in [5.41, 5.74) is 2.98. The summed E-state index contributed by atoms with van der Waals surface area (Å²) in [5.74, 6) is 1.62. The number of tetrazole rings is 1. The van der Waals surface area contributed by atoms with Crippen molar-refractivity contribution in [3.63, 3.8) is 0 Å². The first-order valence-corrected chi connectivity index (χ1v) is 11.9. The van der Waals surface area contributed by atoms with E-state index in [1.807, 2.05) is 30.3 Å². The minimum atomic E-state index is -0.864. The fraction of sp³-hybridized carbons (Fsp3) is 0.259. The highest BCUT2D eigenvalue weighted by Crippen LogP contribution is 2.44. The average molecular weight is 503 g/mol. The Morgan fingerprint density at radius 1 is 1.16 bits per heavy atom. The van der Waals surface area contributed by atoms with Crippen LogP contribution in [0.15, 0.2) is 54.6 Å². The number of carbonyl (C=O) groups is 1. The number of aryl methyl sites for hydroxylation is 1. The Morgan fingerprint density at radius 3 is 2.73 bits per heavy atom. The Kier molecular flexibility index (Phi) is 5.71. The molecule has 0 radical (unpaired) electrons. The fourth-order valence-corrected chi connectivity index (χ4v) is 5.00. The predicted molar refractivity (Wildman–Crippen MR) is 129 cm³/mol. The first kappa shape index (κ1) is 23.0. The number of halogens is 1. The summed E-state index contributed by atoms with van der Waals surface area (Å²) < 4.78 is 34.6. The van der Waals surface area contributed by atoms with E-state index in [0.717, 1.165) is 16.7 Å². The molecule has 1 aliphatic heterocycles. The lowest BCUT2D eigenvalue weighted by atomic mass is 9.98. The number of carboxylic acid groups (broad SMARTS) is 1.